The third kappa shape index (κ3) is 5.00. The summed E-state index contributed by atoms with van der Waals surface area (Å²) in [6.07, 6.45) is -3.65. The van der Waals surface area contributed by atoms with Gasteiger partial charge in [0, 0.05) is 65.1 Å². The van der Waals surface area contributed by atoms with Crippen molar-refractivity contribution in [2.75, 3.05) is 45.8 Å². The van der Waals surface area contributed by atoms with Crippen LogP contribution in [0.1, 0.15) is 24.6 Å². The van der Waals surface area contributed by atoms with Crippen molar-refractivity contribution in [3.63, 3.8) is 0 Å². The van der Waals surface area contributed by atoms with Crippen LogP contribution in [0.4, 0.5) is 13.2 Å². The average Bonchev–Trinajstić information content (AvgIpc) is 3.10. The van der Waals surface area contributed by atoms with E-state index in [4.69, 9.17) is 4.42 Å². The van der Waals surface area contributed by atoms with E-state index < -0.39 is 12.1 Å². The summed E-state index contributed by atoms with van der Waals surface area (Å²) >= 11 is 0. The lowest BCUT2D eigenvalue weighted by Gasteiger charge is -2.38. The molecule has 8 nitrogen and oxygen atoms in total. The Bertz CT molecular complexity index is 692. The molecule has 1 aromatic rings. The van der Waals surface area contributed by atoms with Gasteiger partial charge in [-0.3, -0.25) is 14.5 Å². The van der Waals surface area contributed by atoms with Crippen LogP contribution < -0.4 is 0 Å². The van der Waals surface area contributed by atoms with Crippen molar-refractivity contribution in [1.82, 2.24) is 24.9 Å². The van der Waals surface area contributed by atoms with Gasteiger partial charge in [-0.15, -0.1) is 10.2 Å². The molecule has 0 radical (unpaired) electrons. The Morgan fingerprint density at radius 2 is 1.68 bits per heavy atom. The minimum absolute atomic E-state index is 0.0220. The van der Waals surface area contributed by atoms with Gasteiger partial charge in [0.15, 0.2) is 0 Å². The number of aromatic nitrogens is 2. The Morgan fingerprint density at radius 3 is 2.21 bits per heavy atom. The van der Waals surface area contributed by atoms with Crippen molar-refractivity contribution < 1.29 is 27.2 Å². The van der Waals surface area contributed by atoms with E-state index in [1.807, 2.05) is 0 Å². The van der Waals surface area contributed by atoms with Crippen LogP contribution in [0.25, 0.3) is 0 Å². The third-order valence-corrected chi connectivity index (χ3v) is 5.27. The second-order valence-corrected chi connectivity index (χ2v) is 7.20. The van der Waals surface area contributed by atoms with E-state index in [2.05, 4.69) is 15.1 Å². The highest BCUT2D eigenvalue weighted by atomic mass is 19.4. The summed E-state index contributed by atoms with van der Waals surface area (Å²) in [7, 11) is 0. The SMILES string of the molecule is Cc1nnc(CCN2CCN(C(=O)C3CCN(C(=O)C(F)(F)F)CC3)CC2)o1. The van der Waals surface area contributed by atoms with Crippen LogP contribution in [0.2, 0.25) is 0 Å². The lowest BCUT2D eigenvalue weighted by atomic mass is 9.95. The predicted molar refractivity (Wildman–Crippen MR) is 91.1 cm³/mol. The van der Waals surface area contributed by atoms with Crippen molar-refractivity contribution in [2.45, 2.75) is 32.4 Å². The first-order valence-electron chi connectivity index (χ1n) is 9.40. The number of nitrogens with zero attached hydrogens (tertiary/aromatic N) is 5. The van der Waals surface area contributed by atoms with Gasteiger partial charge in [0.25, 0.3) is 0 Å². The summed E-state index contributed by atoms with van der Waals surface area (Å²) in [6, 6.07) is 0. The fourth-order valence-corrected chi connectivity index (χ4v) is 3.65. The van der Waals surface area contributed by atoms with E-state index in [0.717, 1.165) is 24.5 Å². The maximum atomic E-state index is 12.7. The van der Waals surface area contributed by atoms with E-state index in [1.165, 1.54) is 0 Å². The molecule has 0 aliphatic carbocycles. The lowest BCUT2D eigenvalue weighted by Crippen LogP contribution is -2.52. The topological polar surface area (TPSA) is 82.8 Å². The number of likely N-dealkylation sites (tertiary alicyclic amines) is 1. The average molecular weight is 403 g/mol. The Balaban J connectivity index is 1.40. The zero-order valence-corrected chi connectivity index (χ0v) is 15.7. The molecule has 2 amide bonds. The minimum Gasteiger partial charge on any atom is -0.426 e. The Labute approximate surface area is 160 Å². The molecule has 0 N–H and O–H groups in total. The largest absolute Gasteiger partial charge is 0.471 e. The number of carbonyl (C=O) groups is 2. The second kappa shape index (κ2) is 8.46. The molecule has 0 unspecified atom stereocenters. The molecule has 11 heteroatoms. The van der Waals surface area contributed by atoms with E-state index in [-0.39, 0.29) is 37.8 Å². The van der Waals surface area contributed by atoms with Gasteiger partial charge in [0.05, 0.1) is 0 Å². The number of hydrogen-bond acceptors (Lipinski definition) is 6. The quantitative estimate of drug-likeness (QED) is 0.742. The molecule has 0 spiro atoms. The normalized spacial score (nSPS) is 19.9. The highest BCUT2D eigenvalue weighted by Gasteiger charge is 2.44. The molecule has 0 bridgehead atoms. The zero-order chi connectivity index (χ0) is 20.3. The number of halogens is 3. The number of alkyl halides is 3. The summed E-state index contributed by atoms with van der Waals surface area (Å²) in [5.74, 6) is -1.02. The number of carbonyl (C=O) groups excluding carboxylic acids is 2. The molecule has 3 rings (SSSR count). The van der Waals surface area contributed by atoms with Crippen molar-refractivity contribution in [3.05, 3.63) is 11.8 Å². The first-order chi connectivity index (χ1) is 13.2. The maximum Gasteiger partial charge on any atom is 0.471 e. The van der Waals surface area contributed by atoms with Gasteiger partial charge in [-0.05, 0) is 12.8 Å². The number of piperazine rings is 1. The molecule has 2 aliphatic rings. The number of hydrogen-bond donors (Lipinski definition) is 0. The second-order valence-electron chi connectivity index (χ2n) is 7.20. The molecule has 2 aliphatic heterocycles. The van der Waals surface area contributed by atoms with E-state index >= 15 is 0 Å². The van der Waals surface area contributed by atoms with Crippen LogP contribution in [-0.2, 0) is 16.0 Å². The van der Waals surface area contributed by atoms with Gasteiger partial charge in [-0.1, -0.05) is 0 Å². The van der Waals surface area contributed by atoms with Crippen LogP contribution in [0.5, 0.6) is 0 Å². The molecule has 0 atom stereocenters. The van der Waals surface area contributed by atoms with Gasteiger partial charge in [0.1, 0.15) is 0 Å². The monoisotopic (exact) mass is 403 g/mol. The van der Waals surface area contributed by atoms with Crippen LogP contribution in [0, 0.1) is 12.8 Å². The highest BCUT2D eigenvalue weighted by Crippen LogP contribution is 2.25. The van der Waals surface area contributed by atoms with Gasteiger partial charge in [0.2, 0.25) is 17.7 Å². The van der Waals surface area contributed by atoms with E-state index in [9.17, 15) is 22.8 Å². The Kier molecular flexibility index (Phi) is 6.21. The Hall–Kier alpha value is -2.17. The van der Waals surface area contributed by atoms with Gasteiger partial charge in [-0.2, -0.15) is 13.2 Å². The lowest BCUT2D eigenvalue weighted by molar-refractivity contribution is -0.187. The summed E-state index contributed by atoms with van der Waals surface area (Å²) in [5, 5.41) is 7.75. The smallest absolute Gasteiger partial charge is 0.426 e. The maximum absolute atomic E-state index is 12.7. The molecular formula is C17H24F3N5O3. The number of aryl methyl sites for hydroxylation is 1. The highest BCUT2D eigenvalue weighted by molar-refractivity contribution is 5.83. The molecule has 156 valence electrons. The number of rotatable bonds is 4. The minimum atomic E-state index is -4.85. The summed E-state index contributed by atoms with van der Waals surface area (Å²) in [5.41, 5.74) is 0. The van der Waals surface area contributed by atoms with Gasteiger partial charge in [-0.25, -0.2) is 0 Å². The van der Waals surface area contributed by atoms with Crippen molar-refractivity contribution in [3.8, 4) is 0 Å². The van der Waals surface area contributed by atoms with Gasteiger partial charge < -0.3 is 14.2 Å². The molecule has 3 heterocycles. The standard InChI is InChI=1S/C17H24F3N5O3/c1-12-21-22-14(28-12)4-5-23-8-10-24(11-9-23)15(26)13-2-6-25(7-3-13)16(27)17(18,19)20/h13H,2-11H2,1H3. The fraction of sp³-hybridized carbons (Fsp3) is 0.765. The first kappa shape index (κ1) is 20.6. The van der Waals surface area contributed by atoms with E-state index in [0.29, 0.717) is 31.3 Å². The molecule has 2 fully saturated rings. The molecule has 28 heavy (non-hydrogen) atoms. The molecule has 2 saturated heterocycles. The van der Waals surface area contributed by atoms with Gasteiger partial charge >= 0.3 is 12.1 Å². The fourth-order valence-electron chi connectivity index (χ4n) is 3.65. The van der Waals surface area contributed by atoms with Crippen molar-refractivity contribution >= 4 is 11.8 Å². The van der Waals surface area contributed by atoms with Crippen LogP contribution in [0.3, 0.4) is 0 Å². The number of piperidine rings is 1. The van der Waals surface area contributed by atoms with Crippen LogP contribution in [0.15, 0.2) is 4.42 Å². The summed E-state index contributed by atoms with van der Waals surface area (Å²) < 4.78 is 42.9. The van der Waals surface area contributed by atoms with Crippen LogP contribution in [-0.4, -0.2) is 88.7 Å². The first-order valence-corrected chi connectivity index (χ1v) is 9.40. The van der Waals surface area contributed by atoms with Crippen molar-refractivity contribution in [2.24, 2.45) is 5.92 Å². The molecule has 0 aromatic carbocycles. The van der Waals surface area contributed by atoms with E-state index in [1.54, 1.807) is 11.8 Å². The molecule has 0 saturated carbocycles. The molecule has 1 aromatic heterocycles. The van der Waals surface area contributed by atoms with Crippen LogP contribution >= 0.6 is 0 Å². The molecular weight excluding hydrogens is 379 g/mol. The summed E-state index contributed by atoms with van der Waals surface area (Å²) in [6.45, 7) is 5.07. The Morgan fingerprint density at radius 1 is 1.04 bits per heavy atom. The number of amides is 2. The summed E-state index contributed by atoms with van der Waals surface area (Å²) in [4.78, 5) is 28.7. The predicted octanol–water partition coefficient (Wildman–Crippen LogP) is 0.866. The third-order valence-electron chi connectivity index (χ3n) is 5.27. The zero-order valence-electron chi connectivity index (χ0n) is 15.7. The van der Waals surface area contributed by atoms with Crippen molar-refractivity contribution in [1.29, 1.82) is 0 Å².